The van der Waals surface area contributed by atoms with E-state index in [-0.39, 0.29) is 22.9 Å². The summed E-state index contributed by atoms with van der Waals surface area (Å²) in [5.41, 5.74) is 0.659. The summed E-state index contributed by atoms with van der Waals surface area (Å²) in [5.74, 6) is -0.595. The molecule has 0 aliphatic carbocycles. The summed E-state index contributed by atoms with van der Waals surface area (Å²) in [7, 11) is 0. The quantitative estimate of drug-likeness (QED) is 0.771. The molecule has 1 atom stereocenters. The molecule has 0 aromatic heterocycles. The average molecular weight is 367 g/mol. The highest BCUT2D eigenvalue weighted by Gasteiger charge is 2.30. The first-order valence-electron chi connectivity index (χ1n) is 8.37. The van der Waals surface area contributed by atoms with Gasteiger partial charge in [-0.3, -0.25) is 9.59 Å². The summed E-state index contributed by atoms with van der Waals surface area (Å²) in [4.78, 5) is 28.0. The molecule has 1 aromatic rings. The van der Waals surface area contributed by atoms with E-state index >= 15 is 0 Å². The average Bonchev–Trinajstić information content (AvgIpc) is 3.16. The minimum absolute atomic E-state index is 0.0239. The third-order valence-electron chi connectivity index (χ3n) is 4.47. The minimum Gasteiger partial charge on any atom is -0.368 e. The van der Waals surface area contributed by atoms with E-state index in [1.807, 2.05) is 0 Å². The molecule has 2 amide bonds. The zero-order chi connectivity index (χ0) is 17.8. The second-order valence-electron chi connectivity index (χ2n) is 6.16. The van der Waals surface area contributed by atoms with Crippen molar-refractivity contribution in [3.05, 3.63) is 40.7 Å². The van der Waals surface area contributed by atoms with Gasteiger partial charge in [-0.2, -0.15) is 0 Å². The lowest BCUT2D eigenvalue weighted by molar-refractivity contribution is -0.144. The topological polar surface area (TPSA) is 49.9 Å². The first-order chi connectivity index (χ1) is 12.0. The normalized spacial score (nSPS) is 21.1. The number of ether oxygens (including phenoxy) is 1. The largest absolute Gasteiger partial charge is 0.368 e. The highest BCUT2D eigenvalue weighted by atomic mass is 35.5. The number of halogens is 2. The number of carbonyl (C=O) groups is 2. The number of amides is 2. The molecule has 0 radical (unpaired) electrons. The standard InChI is InChI=1S/C18H20ClFN2O3/c19-14-12-13(3-5-15(14)20)4-6-17(23)21-7-9-22(10-8-21)18(24)16-2-1-11-25-16/h3-6,12,16H,1-2,7-11H2/b6-4+. The summed E-state index contributed by atoms with van der Waals surface area (Å²) < 4.78 is 18.6. The Morgan fingerprint density at radius 1 is 1.20 bits per heavy atom. The summed E-state index contributed by atoms with van der Waals surface area (Å²) in [6.45, 7) is 2.66. The van der Waals surface area contributed by atoms with E-state index in [1.54, 1.807) is 21.9 Å². The maximum Gasteiger partial charge on any atom is 0.251 e. The van der Waals surface area contributed by atoms with Crippen LogP contribution in [0.15, 0.2) is 24.3 Å². The molecular formula is C18H20ClFN2O3. The van der Waals surface area contributed by atoms with Crippen LogP contribution in [-0.2, 0) is 14.3 Å². The van der Waals surface area contributed by atoms with Crippen LogP contribution in [0.25, 0.3) is 6.08 Å². The molecule has 7 heteroatoms. The third kappa shape index (κ3) is 4.38. The van der Waals surface area contributed by atoms with Crippen molar-refractivity contribution >= 4 is 29.5 Å². The minimum atomic E-state index is -0.489. The number of benzene rings is 1. The zero-order valence-corrected chi connectivity index (χ0v) is 14.5. The van der Waals surface area contributed by atoms with Crippen LogP contribution in [0.3, 0.4) is 0 Å². The Bertz CT molecular complexity index is 681. The molecule has 5 nitrogen and oxygen atoms in total. The van der Waals surface area contributed by atoms with E-state index in [9.17, 15) is 14.0 Å². The first kappa shape index (κ1) is 17.9. The fraction of sp³-hybridized carbons (Fsp3) is 0.444. The Kier molecular flexibility index (Phi) is 5.71. The predicted octanol–water partition coefficient (Wildman–Crippen LogP) is 2.34. The Balaban J connectivity index is 1.51. The molecule has 134 valence electrons. The number of nitrogens with zero attached hydrogens (tertiary/aromatic N) is 2. The third-order valence-corrected chi connectivity index (χ3v) is 4.76. The molecule has 0 N–H and O–H groups in total. The molecule has 2 heterocycles. The van der Waals surface area contributed by atoms with Crippen molar-refractivity contribution in [2.75, 3.05) is 32.8 Å². The van der Waals surface area contributed by atoms with Crippen LogP contribution >= 0.6 is 11.6 Å². The Hall–Kier alpha value is -1.92. The van der Waals surface area contributed by atoms with Crippen molar-refractivity contribution < 1.29 is 18.7 Å². The van der Waals surface area contributed by atoms with Crippen LogP contribution in [0.4, 0.5) is 4.39 Å². The highest BCUT2D eigenvalue weighted by Crippen LogP contribution is 2.18. The van der Waals surface area contributed by atoms with Gasteiger partial charge in [-0.1, -0.05) is 17.7 Å². The number of rotatable bonds is 3. The van der Waals surface area contributed by atoms with Gasteiger partial charge in [-0.25, -0.2) is 4.39 Å². The number of carbonyl (C=O) groups excluding carboxylic acids is 2. The lowest BCUT2D eigenvalue weighted by atomic mass is 10.2. The maximum atomic E-state index is 13.1. The lowest BCUT2D eigenvalue weighted by Gasteiger charge is -2.35. The van der Waals surface area contributed by atoms with Gasteiger partial charge in [-0.15, -0.1) is 0 Å². The van der Waals surface area contributed by atoms with Crippen LogP contribution in [-0.4, -0.2) is 60.5 Å². The fourth-order valence-electron chi connectivity index (χ4n) is 3.01. The molecule has 2 saturated heterocycles. The highest BCUT2D eigenvalue weighted by molar-refractivity contribution is 6.30. The van der Waals surface area contributed by atoms with E-state index in [2.05, 4.69) is 0 Å². The van der Waals surface area contributed by atoms with Gasteiger partial charge in [0.1, 0.15) is 11.9 Å². The van der Waals surface area contributed by atoms with Crippen molar-refractivity contribution in [3.8, 4) is 0 Å². The molecule has 0 spiro atoms. The van der Waals surface area contributed by atoms with Gasteiger partial charge in [0.05, 0.1) is 5.02 Å². The second kappa shape index (κ2) is 7.97. The molecule has 0 bridgehead atoms. The van der Waals surface area contributed by atoms with Gasteiger partial charge in [0, 0.05) is 38.9 Å². The lowest BCUT2D eigenvalue weighted by Crippen LogP contribution is -2.52. The van der Waals surface area contributed by atoms with Gasteiger partial charge < -0.3 is 14.5 Å². The number of hydrogen-bond acceptors (Lipinski definition) is 3. The summed E-state index contributed by atoms with van der Waals surface area (Å²) in [5, 5.41) is 0.0239. The van der Waals surface area contributed by atoms with Gasteiger partial charge >= 0.3 is 0 Å². The molecule has 1 unspecified atom stereocenters. The fourth-order valence-corrected chi connectivity index (χ4v) is 3.20. The van der Waals surface area contributed by atoms with Crippen LogP contribution in [0.5, 0.6) is 0 Å². The second-order valence-corrected chi connectivity index (χ2v) is 6.57. The van der Waals surface area contributed by atoms with Gasteiger partial charge in [0.2, 0.25) is 5.91 Å². The zero-order valence-electron chi connectivity index (χ0n) is 13.8. The van der Waals surface area contributed by atoms with Crippen molar-refractivity contribution in [2.45, 2.75) is 18.9 Å². The van der Waals surface area contributed by atoms with Crippen LogP contribution < -0.4 is 0 Å². The summed E-state index contributed by atoms with van der Waals surface area (Å²) in [6.07, 6.45) is 4.44. The van der Waals surface area contributed by atoms with Crippen molar-refractivity contribution in [1.29, 1.82) is 0 Å². The number of hydrogen-bond donors (Lipinski definition) is 0. The molecule has 25 heavy (non-hydrogen) atoms. The summed E-state index contributed by atoms with van der Waals surface area (Å²) >= 11 is 5.73. The smallest absolute Gasteiger partial charge is 0.251 e. The van der Waals surface area contributed by atoms with Gasteiger partial charge in [-0.05, 0) is 36.6 Å². The Morgan fingerprint density at radius 2 is 1.92 bits per heavy atom. The number of piperazine rings is 1. The van der Waals surface area contributed by atoms with E-state index in [0.717, 1.165) is 12.8 Å². The van der Waals surface area contributed by atoms with Crippen molar-refractivity contribution in [3.63, 3.8) is 0 Å². The molecule has 2 aliphatic heterocycles. The van der Waals surface area contributed by atoms with Crippen molar-refractivity contribution in [1.82, 2.24) is 9.80 Å². The van der Waals surface area contributed by atoms with Crippen LogP contribution in [0, 0.1) is 5.82 Å². The molecule has 2 aliphatic rings. The van der Waals surface area contributed by atoms with E-state index in [1.165, 1.54) is 18.2 Å². The van der Waals surface area contributed by atoms with Gasteiger partial charge in [0.25, 0.3) is 5.91 Å². The molecule has 2 fully saturated rings. The predicted molar refractivity (Wildman–Crippen MR) is 92.6 cm³/mol. The van der Waals surface area contributed by atoms with Crippen LogP contribution in [0.2, 0.25) is 5.02 Å². The maximum absolute atomic E-state index is 13.1. The van der Waals surface area contributed by atoms with Crippen molar-refractivity contribution in [2.24, 2.45) is 0 Å². The van der Waals surface area contributed by atoms with Crippen LogP contribution in [0.1, 0.15) is 18.4 Å². The SMILES string of the molecule is O=C(/C=C/c1ccc(F)c(Cl)c1)N1CCN(C(=O)C2CCCO2)CC1. The van der Waals surface area contributed by atoms with E-state index in [4.69, 9.17) is 16.3 Å². The monoisotopic (exact) mass is 366 g/mol. The van der Waals surface area contributed by atoms with E-state index in [0.29, 0.717) is 38.3 Å². The molecule has 1 aromatic carbocycles. The van der Waals surface area contributed by atoms with E-state index < -0.39 is 5.82 Å². The summed E-state index contributed by atoms with van der Waals surface area (Å²) in [6, 6.07) is 4.30. The van der Waals surface area contributed by atoms with Gasteiger partial charge in [0.15, 0.2) is 0 Å². The Labute approximate surface area is 151 Å². The first-order valence-corrected chi connectivity index (χ1v) is 8.75. The molecule has 3 rings (SSSR count). The Morgan fingerprint density at radius 3 is 2.56 bits per heavy atom. The molecular weight excluding hydrogens is 347 g/mol. The molecule has 0 saturated carbocycles.